The van der Waals surface area contributed by atoms with Gasteiger partial charge >= 0.3 is 0 Å². The predicted molar refractivity (Wildman–Crippen MR) is 165 cm³/mol. The molecule has 0 bridgehead atoms. The summed E-state index contributed by atoms with van der Waals surface area (Å²) in [6, 6.07) is 16.5. The first-order valence-electron chi connectivity index (χ1n) is 14.8. The Morgan fingerprint density at radius 2 is 1.84 bits per heavy atom. The molecule has 0 atom stereocenters. The molecule has 0 unspecified atom stereocenters. The van der Waals surface area contributed by atoms with Crippen LogP contribution < -0.4 is 10.2 Å². The largest absolute Gasteiger partial charge is 0.363 e. The van der Waals surface area contributed by atoms with Gasteiger partial charge in [0.1, 0.15) is 12.1 Å². The van der Waals surface area contributed by atoms with Gasteiger partial charge in [0.05, 0.1) is 35.8 Å². The molecule has 2 aliphatic heterocycles. The molecule has 4 aromatic heterocycles. The third-order valence-corrected chi connectivity index (χ3v) is 8.53. The number of nitrogens with one attached hydrogen (secondary N) is 1. The van der Waals surface area contributed by atoms with Gasteiger partial charge in [0.2, 0.25) is 11.9 Å². The maximum Gasteiger partial charge on any atom is 0.247 e. The number of amides is 1. The summed E-state index contributed by atoms with van der Waals surface area (Å²) in [5.41, 5.74) is 4.98. The Labute approximate surface area is 254 Å². The fraction of sp³-hybridized carbons (Fsp3) is 0.355. The number of carbonyl (C=O) groups is 1. The van der Waals surface area contributed by atoms with Crippen LogP contribution in [0.2, 0.25) is 0 Å². The number of fused-ring (bicyclic) bond motifs is 1. The van der Waals surface area contributed by atoms with E-state index in [9.17, 15) is 10.1 Å². The van der Waals surface area contributed by atoms with Gasteiger partial charge in [0, 0.05) is 63.4 Å². The highest BCUT2D eigenvalue weighted by atomic mass is 16.2. The Bertz CT molecular complexity index is 1830. The quantitative estimate of drug-likeness (QED) is 0.290. The summed E-state index contributed by atoms with van der Waals surface area (Å²) in [6.07, 6.45) is 7.73. The molecule has 0 spiro atoms. The van der Waals surface area contributed by atoms with Crippen molar-refractivity contribution in [2.24, 2.45) is 0 Å². The van der Waals surface area contributed by atoms with Crippen LogP contribution in [0.4, 0.5) is 17.3 Å². The summed E-state index contributed by atoms with van der Waals surface area (Å²) < 4.78 is 5.36. The second kappa shape index (κ2) is 11.1. The number of pyridine rings is 1. The van der Waals surface area contributed by atoms with Crippen LogP contribution in [-0.4, -0.2) is 96.2 Å². The van der Waals surface area contributed by atoms with Crippen LogP contribution in [-0.2, 0) is 16.9 Å². The third kappa shape index (κ3) is 5.13. The summed E-state index contributed by atoms with van der Waals surface area (Å²) in [6.45, 7) is 6.74. The van der Waals surface area contributed by atoms with Gasteiger partial charge in [-0.1, -0.05) is 30.3 Å². The molecule has 224 valence electrons. The highest BCUT2D eigenvalue weighted by Gasteiger charge is 2.46. The lowest BCUT2D eigenvalue weighted by molar-refractivity contribution is -0.133. The first kappa shape index (κ1) is 27.6. The molecule has 13 heteroatoms. The number of nitriles is 1. The third-order valence-electron chi connectivity index (χ3n) is 8.53. The predicted octanol–water partition coefficient (Wildman–Crippen LogP) is 2.74. The first-order valence-corrected chi connectivity index (χ1v) is 14.8. The monoisotopic (exact) mass is 590 g/mol. The maximum atomic E-state index is 12.7. The molecule has 13 nitrogen and oxygen atoms in total. The van der Waals surface area contributed by atoms with Gasteiger partial charge < -0.3 is 20.0 Å². The molecule has 2 saturated heterocycles. The lowest BCUT2D eigenvalue weighted by atomic mass is 9.86. The van der Waals surface area contributed by atoms with E-state index in [1.807, 2.05) is 46.1 Å². The van der Waals surface area contributed by atoms with E-state index in [1.54, 1.807) is 21.6 Å². The van der Waals surface area contributed by atoms with E-state index in [-0.39, 0.29) is 12.5 Å². The minimum absolute atomic E-state index is 0.0619. The average Bonchev–Trinajstić information content (AvgIpc) is 3.74. The number of nitrogens with zero attached hydrogens (tertiary/aromatic N) is 11. The van der Waals surface area contributed by atoms with Crippen molar-refractivity contribution in [3.8, 4) is 17.3 Å². The van der Waals surface area contributed by atoms with Gasteiger partial charge in [-0.3, -0.25) is 14.2 Å². The van der Waals surface area contributed by atoms with Gasteiger partial charge in [0.25, 0.3) is 0 Å². The van der Waals surface area contributed by atoms with E-state index in [2.05, 4.69) is 63.7 Å². The zero-order valence-electron chi connectivity index (χ0n) is 24.8. The van der Waals surface area contributed by atoms with Crippen molar-refractivity contribution in [1.29, 1.82) is 5.26 Å². The highest BCUT2D eigenvalue weighted by Crippen LogP contribution is 2.38. The van der Waals surface area contributed by atoms with E-state index in [1.165, 1.54) is 0 Å². The Morgan fingerprint density at radius 3 is 2.61 bits per heavy atom. The second-order valence-electron chi connectivity index (χ2n) is 11.7. The number of piperazine rings is 1. The van der Waals surface area contributed by atoms with Crippen LogP contribution in [0.5, 0.6) is 0 Å². The maximum absolute atomic E-state index is 12.7. The van der Waals surface area contributed by atoms with Crippen molar-refractivity contribution in [2.75, 3.05) is 56.5 Å². The van der Waals surface area contributed by atoms with Gasteiger partial charge in [0.15, 0.2) is 5.65 Å². The highest BCUT2D eigenvalue weighted by molar-refractivity contribution is 5.76. The Balaban J connectivity index is 1.06. The topological polar surface area (TPSA) is 128 Å². The molecule has 1 aromatic carbocycles. The fourth-order valence-corrected chi connectivity index (χ4v) is 6.03. The van der Waals surface area contributed by atoms with Gasteiger partial charge in [-0.15, -0.1) is 5.10 Å². The number of likely N-dealkylation sites (N-methyl/N-ethyl adjacent to an activating group) is 1. The normalized spacial score (nSPS) is 16.6. The zero-order valence-corrected chi connectivity index (χ0v) is 24.8. The van der Waals surface area contributed by atoms with E-state index in [0.717, 1.165) is 48.7 Å². The van der Waals surface area contributed by atoms with Crippen molar-refractivity contribution >= 4 is 28.9 Å². The Morgan fingerprint density at radius 1 is 1.05 bits per heavy atom. The Kier molecular flexibility index (Phi) is 6.98. The molecular weight excluding hydrogens is 556 g/mol. The summed E-state index contributed by atoms with van der Waals surface area (Å²) in [4.78, 5) is 23.8. The molecule has 5 aromatic rings. The summed E-state index contributed by atoms with van der Waals surface area (Å²) >= 11 is 0. The van der Waals surface area contributed by atoms with E-state index in [0.29, 0.717) is 36.8 Å². The van der Waals surface area contributed by atoms with Crippen molar-refractivity contribution in [2.45, 2.75) is 25.4 Å². The number of rotatable bonds is 8. The number of benzene rings is 1. The lowest BCUT2D eigenvalue weighted by Gasteiger charge is -2.50. The molecule has 1 amide bonds. The fourth-order valence-electron chi connectivity index (χ4n) is 6.03. The zero-order chi connectivity index (χ0) is 30.3. The molecule has 0 radical (unpaired) electrons. The number of aryl methyl sites for hydroxylation is 1. The number of hydrogen-bond donors (Lipinski definition) is 1. The van der Waals surface area contributed by atoms with Gasteiger partial charge in [-0.05, 0) is 31.7 Å². The molecule has 0 saturated carbocycles. The second-order valence-corrected chi connectivity index (χ2v) is 11.7. The van der Waals surface area contributed by atoms with Crippen molar-refractivity contribution in [3.63, 3.8) is 0 Å². The average molecular weight is 591 g/mol. The van der Waals surface area contributed by atoms with Gasteiger partial charge in [-0.2, -0.15) is 20.4 Å². The molecule has 2 aliphatic rings. The first-order chi connectivity index (χ1) is 21.4. The van der Waals surface area contributed by atoms with Crippen LogP contribution >= 0.6 is 0 Å². The number of anilines is 3. The summed E-state index contributed by atoms with van der Waals surface area (Å²) in [5.74, 6) is 0.494. The molecule has 44 heavy (non-hydrogen) atoms. The van der Waals surface area contributed by atoms with Crippen LogP contribution in [0, 0.1) is 18.3 Å². The Hall–Kier alpha value is -5.22. The molecule has 6 heterocycles. The number of aromatic nitrogens is 7. The van der Waals surface area contributed by atoms with Crippen molar-refractivity contribution in [1.82, 2.24) is 44.0 Å². The summed E-state index contributed by atoms with van der Waals surface area (Å²) in [5, 5.41) is 26.9. The summed E-state index contributed by atoms with van der Waals surface area (Å²) in [7, 11) is 2.07. The van der Waals surface area contributed by atoms with E-state index in [4.69, 9.17) is 10.1 Å². The number of carbonyl (C=O) groups excluding carboxylic acids is 1. The molecule has 2 fully saturated rings. The molecule has 0 aliphatic carbocycles. The minimum Gasteiger partial charge on any atom is -0.363 e. The lowest BCUT2D eigenvalue weighted by Crippen LogP contribution is -2.63. The van der Waals surface area contributed by atoms with Crippen LogP contribution in [0.25, 0.3) is 16.9 Å². The van der Waals surface area contributed by atoms with Crippen LogP contribution in [0.1, 0.15) is 12.0 Å². The molecular formula is C31H34N12O. The van der Waals surface area contributed by atoms with E-state index < -0.39 is 5.54 Å². The van der Waals surface area contributed by atoms with Crippen molar-refractivity contribution in [3.05, 3.63) is 72.8 Å². The van der Waals surface area contributed by atoms with E-state index >= 15 is 0 Å². The SMILES string of the molecule is Cc1cn(C2(CC#N)CN(c3cccn4nc(Nc5cnn(CC(=O)N6CCN(C)CC6)c5)nc34)C2)nc1-c1ccccc1. The number of hydrogen-bond acceptors (Lipinski definition) is 9. The molecule has 1 N–H and O–H groups in total. The van der Waals surface area contributed by atoms with Gasteiger partial charge in [-0.25, -0.2) is 4.52 Å². The standard InChI is InChI=1S/C31H34N12O/c1-23-18-43(36-28(23)24-7-4-3-5-8-24)31(10-11-32)21-40(22-31)26-9-6-12-42-29(26)35-30(37-42)34-25-17-33-41(19-25)20-27(44)39-15-13-38(2)14-16-39/h3-9,12,17-19H,10,13-16,20-22H2,1-2H3,(H,34,37). The van der Waals surface area contributed by atoms with Crippen molar-refractivity contribution < 1.29 is 4.79 Å². The minimum atomic E-state index is -0.434. The van der Waals surface area contributed by atoms with Crippen LogP contribution in [0.15, 0.2) is 67.3 Å². The smallest absolute Gasteiger partial charge is 0.247 e. The van der Waals surface area contributed by atoms with Crippen LogP contribution in [0.3, 0.4) is 0 Å². The molecule has 7 rings (SSSR count).